The van der Waals surface area contributed by atoms with Crippen LogP contribution < -0.4 is 9.64 Å². The molecule has 3 nitrogen and oxygen atoms in total. The van der Waals surface area contributed by atoms with Crippen LogP contribution in [0, 0.1) is 0 Å². The van der Waals surface area contributed by atoms with Crippen LogP contribution in [0.25, 0.3) is 21.4 Å². The minimum atomic E-state index is 0.212. The van der Waals surface area contributed by atoms with E-state index in [1.165, 1.54) is 15.7 Å². The van der Waals surface area contributed by atoms with E-state index in [9.17, 15) is 0 Å². The van der Waals surface area contributed by atoms with Crippen molar-refractivity contribution in [3.8, 4) is 27.1 Å². The molecule has 3 rings (SSSR count). The summed E-state index contributed by atoms with van der Waals surface area (Å²) in [7, 11) is 5.87. The Morgan fingerprint density at radius 1 is 0.909 bits per heavy atom. The van der Waals surface area contributed by atoms with Crippen molar-refractivity contribution in [1.29, 1.82) is 0 Å². The Balaban J connectivity index is 2.06. The van der Waals surface area contributed by atoms with Crippen molar-refractivity contribution in [3.63, 3.8) is 0 Å². The number of nitrogens with zero attached hydrogens (tertiary/aromatic N) is 2. The molecule has 0 N–H and O–H groups in total. The quantitative estimate of drug-likeness (QED) is 0.668. The summed E-state index contributed by atoms with van der Waals surface area (Å²) in [4.78, 5) is 7.11. The van der Waals surface area contributed by atoms with E-state index in [0.29, 0.717) is 0 Å². The van der Waals surface area contributed by atoms with Crippen LogP contribution in [0.15, 0.2) is 54.6 Å². The van der Waals surface area contributed by atoms with Gasteiger partial charge in [0.25, 0.3) is 0 Å². The summed E-state index contributed by atoms with van der Waals surface area (Å²) in [5.74, 6) is 0.874. The van der Waals surface area contributed by atoms with E-state index in [1.54, 1.807) is 7.11 Å². The number of rotatable bonds is 4. The summed E-state index contributed by atoms with van der Waals surface area (Å²) in [6, 6.07) is 18.5. The standard InChI is InChI=1S/C18H18N2OSe/c1-20(2)18-16(13-7-5-4-6-8-13)19-17(22-18)14-9-11-15(21-3)12-10-14/h4-12H,1-3H3. The third kappa shape index (κ3) is 2.94. The number of benzene rings is 2. The van der Waals surface area contributed by atoms with E-state index >= 15 is 0 Å². The van der Waals surface area contributed by atoms with Gasteiger partial charge in [0.2, 0.25) is 0 Å². The van der Waals surface area contributed by atoms with Crippen molar-refractivity contribution < 1.29 is 4.74 Å². The molecule has 0 aliphatic heterocycles. The Morgan fingerprint density at radius 2 is 1.59 bits per heavy atom. The van der Waals surface area contributed by atoms with Gasteiger partial charge in [-0.3, -0.25) is 0 Å². The number of anilines is 1. The SMILES string of the molecule is COc1ccc(-c2nc(-c3ccccc3)c(N(C)C)[se]2)cc1. The molecule has 22 heavy (non-hydrogen) atoms. The molecule has 0 aliphatic carbocycles. The molecule has 0 saturated carbocycles. The zero-order valence-electron chi connectivity index (χ0n) is 12.9. The first-order valence-corrected chi connectivity index (χ1v) is 8.78. The van der Waals surface area contributed by atoms with E-state index in [1.807, 2.05) is 18.2 Å². The number of ether oxygens (including phenoxy) is 1. The van der Waals surface area contributed by atoms with Crippen molar-refractivity contribution >= 4 is 19.1 Å². The molecule has 0 saturated heterocycles. The number of aromatic nitrogens is 1. The van der Waals surface area contributed by atoms with Crippen LogP contribution in [0.3, 0.4) is 0 Å². The van der Waals surface area contributed by atoms with Crippen molar-refractivity contribution in [1.82, 2.24) is 4.98 Å². The minimum absolute atomic E-state index is 0.212. The van der Waals surface area contributed by atoms with Crippen molar-refractivity contribution in [3.05, 3.63) is 54.6 Å². The van der Waals surface area contributed by atoms with Gasteiger partial charge in [0.1, 0.15) is 0 Å². The van der Waals surface area contributed by atoms with Crippen molar-refractivity contribution in [2.24, 2.45) is 0 Å². The predicted octanol–water partition coefficient (Wildman–Crippen LogP) is 3.55. The maximum atomic E-state index is 5.23. The van der Waals surface area contributed by atoms with E-state index in [4.69, 9.17) is 9.72 Å². The first-order valence-electron chi connectivity index (χ1n) is 7.07. The first-order chi connectivity index (χ1) is 10.7. The van der Waals surface area contributed by atoms with Gasteiger partial charge < -0.3 is 0 Å². The van der Waals surface area contributed by atoms with Gasteiger partial charge in [-0.1, -0.05) is 0 Å². The fourth-order valence-corrected chi connectivity index (χ4v) is 4.39. The molecule has 0 bridgehead atoms. The second-order valence-electron chi connectivity index (χ2n) is 5.16. The van der Waals surface area contributed by atoms with Crippen LogP contribution in [0.2, 0.25) is 0 Å². The molecule has 0 amide bonds. The molecule has 3 aromatic rings. The Hall–Kier alpha value is -2.03. The summed E-state index contributed by atoms with van der Waals surface area (Å²) in [5, 5.41) is 0. The Bertz CT molecular complexity index is 749. The van der Waals surface area contributed by atoms with Gasteiger partial charge in [-0.15, -0.1) is 0 Å². The zero-order chi connectivity index (χ0) is 15.5. The molecule has 0 spiro atoms. The first kappa shape index (κ1) is 14.9. The molecule has 0 radical (unpaired) electrons. The van der Waals surface area contributed by atoms with Gasteiger partial charge in [-0.25, -0.2) is 0 Å². The van der Waals surface area contributed by atoms with Crippen LogP contribution >= 0.6 is 0 Å². The second-order valence-corrected chi connectivity index (χ2v) is 7.21. The molecule has 4 heteroatoms. The topological polar surface area (TPSA) is 25.4 Å². The Kier molecular flexibility index (Phi) is 4.32. The molecule has 0 aliphatic rings. The van der Waals surface area contributed by atoms with Gasteiger partial charge in [0, 0.05) is 0 Å². The van der Waals surface area contributed by atoms with Crippen molar-refractivity contribution in [2.45, 2.75) is 0 Å². The molecular formula is C18H18N2OSe. The number of hydrogen-bond donors (Lipinski definition) is 0. The van der Waals surface area contributed by atoms with Crippen LogP contribution in [-0.2, 0) is 0 Å². The van der Waals surface area contributed by atoms with Crippen LogP contribution in [0.4, 0.5) is 4.56 Å². The number of hydrogen-bond acceptors (Lipinski definition) is 3. The summed E-state index contributed by atoms with van der Waals surface area (Å²) in [5.41, 5.74) is 3.44. The molecule has 0 atom stereocenters. The van der Waals surface area contributed by atoms with Gasteiger partial charge in [0.15, 0.2) is 0 Å². The van der Waals surface area contributed by atoms with Crippen LogP contribution in [-0.4, -0.2) is 40.7 Å². The predicted molar refractivity (Wildman–Crippen MR) is 92.9 cm³/mol. The van der Waals surface area contributed by atoms with Gasteiger partial charge in [-0.2, -0.15) is 0 Å². The average Bonchev–Trinajstić information content (AvgIpc) is 3.01. The number of methoxy groups -OCH3 is 1. The molecule has 1 aromatic heterocycles. The monoisotopic (exact) mass is 358 g/mol. The molecule has 0 unspecified atom stereocenters. The van der Waals surface area contributed by atoms with Gasteiger partial charge in [0.05, 0.1) is 0 Å². The van der Waals surface area contributed by atoms with Gasteiger partial charge >= 0.3 is 137 Å². The maximum absolute atomic E-state index is 5.23. The zero-order valence-corrected chi connectivity index (χ0v) is 14.6. The molecule has 112 valence electrons. The summed E-state index contributed by atoms with van der Waals surface area (Å²) in [6.45, 7) is 0. The summed E-state index contributed by atoms with van der Waals surface area (Å²) >= 11 is 0.212. The Morgan fingerprint density at radius 3 is 2.18 bits per heavy atom. The molecule has 2 aromatic carbocycles. The fourth-order valence-electron chi connectivity index (χ4n) is 2.26. The normalized spacial score (nSPS) is 10.5. The van der Waals surface area contributed by atoms with Crippen LogP contribution in [0.5, 0.6) is 5.75 Å². The van der Waals surface area contributed by atoms with Crippen LogP contribution in [0.1, 0.15) is 0 Å². The Labute approximate surface area is 136 Å². The van der Waals surface area contributed by atoms with Crippen molar-refractivity contribution in [2.75, 3.05) is 26.1 Å². The third-order valence-electron chi connectivity index (χ3n) is 3.40. The summed E-state index contributed by atoms with van der Waals surface area (Å²) in [6.07, 6.45) is 0. The van der Waals surface area contributed by atoms with Gasteiger partial charge in [-0.05, 0) is 0 Å². The summed E-state index contributed by atoms with van der Waals surface area (Å²) < 4.78 is 7.70. The fraction of sp³-hybridized carbons (Fsp3) is 0.167. The average molecular weight is 357 g/mol. The molecule has 0 fully saturated rings. The molecule has 1 heterocycles. The molecular weight excluding hydrogens is 339 g/mol. The van der Waals surface area contributed by atoms with E-state index in [0.717, 1.165) is 16.0 Å². The van der Waals surface area contributed by atoms with E-state index < -0.39 is 0 Å². The third-order valence-corrected chi connectivity index (χ3v) is 6.07. The van der Waals surface area contributed by atoms with E-state index in [-0.39, 0.29) is 14.5 Å². The van der Waals surface area contributed by atoms with E-state index in [2.05, 4.69) is 55.4 Å². The second kappa shape index (κ2) is 6.39.